The van der Waals surface area contributed by atoms with E-state index in [1.165, 1.54) is 0 Å². The number of pyridine rings is 1. The first-order valence-electron chi connectivity index (χ1n) is 5.28. The van der Waals surface area contributed by atoms with E-state index in [1.54, 1.807) is 29.9 Å². The van der Waals surface area contributed by atoms with Gasteiger partial charge in [-0.3, -0.25) is 4.79 Å². The summed E-state index contributed by atoms with van der Waals surface area (Å²) in [7, 11) is 1.75. The highest BCUT2D eigenvalue weighted by Crippen LogP contribution is 2.12. The van der Waals surface area contributed by atoms with Gasteiger partial charge in [-0.25, -0.2) is 0 Å². The van der Waals surface area contributed by atoms with E-state index < -0.39 is 0 Å². The third-order valence-corrected chi connectivity index (χ3v) is 2.64. The maximum Gasteiger partial charge on any atom is 0.250 e. The molecule has 1 N–H and O–H groups in total. The summed E-state index contributed by atoms with van der Waals surface area (Å²) < 4.78 is 7.06. The van der Waals surface area contributed by atoms with E-state index in [2.05, 4.69) is 5.32 Å². The van der Waals surface area contributed by atoms with Crippen molar-refractivity contribution in [3.05, 3.63) is 28.7 Å². The zero-order chi connectivity index (χ0) is 10.7. The summed E-state index contributed by atoms with van der Waals surface area (Å²) in [5.74, 6) is 0. The van der Waals surface area contributed by atoms with E-state index in [4.69, 9.17) is 4.74 Å². The van der Waals surface area contributed by atoms with Gasteiger partial charge in [0.25, 0.3) is 0 Å². The molecule has 82 valence electrons. The van der Waals surface area contributed by atoms with Gasteiger partial charge in [0, 0.05) is 32.5 Å². The van der Waals surface area contributed by atoms with E-state index in [9.17, 15) is 4.79 Å². The Balaban J connectivity index is 1.92. The third-order valence-electron chi connectivity index (χ3n) is 2.64. The molecule has 1 fully saturated rings. The monoisotopic (exact) mass is 208 g/mol. The quantitative estimate of drug-likeness (QED) is 0.805. The summed E-state index contributed by atoms with van der Waals surface area (Å²) in [4.78, 5) is 11.1. The van der Waals surface area contributed by atoms with Crippen molar-refractivity contribution in [2.75, 3.05) is 18.5 Å². The van der Waals surface area contributed by atoms with Gasteiger partial charge in [-0.05, 0) is 18.9 Å². The molecule has 1 saturated heterocycles. The lowest BCUT2D eigenvalue weighted by Gasteiger charge is -2.12. The van der Waals surface area contributed by atoms with Crippen molar-refractivity contribution in [2.24, 2.45) is 7.05 Å². The SMILES string of the molecule is Cn1cc(NCC2CCCO2)ccc1=O. The Morgan fingerprint density at radius 2 is 2.47 bits per heavy atom. The molecule has 0 amide bonds. The van der Waals surface area contributed by atoms with Gasteiger partial charge >= 0.3 is 0 Å². The fraction of sp³-hybridized carbons (Fsp3) is 0.545. The van der Waals surface area contributed by atoms with Crippen LogP contribution < -0.4 is 10.9 Å². The topological polar surface area (TPSA) is 43.3 Å². The average Bonchev–Trinajstić information content (AvgIpc) is 2.73. The maximum atomic E-state index is 11.1. The van der Waals surface area contributed by atoms with Crippen LogP contribution in [0.1, 0.15) is 12.8 Å². The number of hydrogen-bond acceptors (Lipinski definition) is 3. The summed E-state index contributed by atoms with van der Waals surface area (Å²) in [6, 6.07) is 3.37. The van der Waals surface area contributed by atoms with Crippen LogP contribution in [0.5, 0.6) is 0 Å². The minimum atomic E-state index is 0.0117. The molecule has 0 saturated carbocycles. The van der Waals surface area contributed by atoms with Crippen molar-refractivity contribution < 1.29 is 4.74 Å². The number of aromatic nitrogens is 1. The molecule has 0 bridgehead atoms. The molecule has 4 nitrogen and oxygen atoms in total. The van der Waals surface area contributed by atoms with Crippen molar-refractivity contribution in [1.29, 1.82) is 0 Å². The highest BCUT2D eigenvalue weighted by molar-refractivity contribution is 5.40. The summed E-state index contributed by atoms with van der Waals surface area (Å²) >= 11 is 0. The number of aryl methyl sites for hydroxylation is 1. The van der Waals surface area contributed by atoms with Crippen LogP contribution >= 0.6 is 0 Å². The van der Waals surface area contributed by atoms with E-state index in [1.807, 2.05) is 0 Å². The smallest absolute Gasteiger partial charge is 0.250 e. The summed E-state index contributed by atoms with van der Waals surface area (Å²) in [5.41, 5.74) is 0.977. The molecule has 1 aromatic rings. The van der Waals surface area contributed by atoms with Gasteiger partial charge in [-0.15, -0.1) is 0 Å². The molecule has 1 aliphatic heterocycles. The molecular weight excluding hydrogens is 192 g/mol. The Kier molecular flexibility index (Phi) is 3.06. The Hall–Kier alpha value is -1.29. The molecule has 2 rings (SSSR count). The van der Waals surface area contributed by atoms with Gasteiger partial charge in [0.05, 0.1) is 11.8 Å². The van der Waals surface area contributed by atoms with E-state index in [-0.39, 0.29) is 5.56 Å². The molecule has 1 aliphatic rings. The first kappa shape index (κ1) is 10.2. The lowest BCUT2D eigenvalue weighted by atomic mass is 10.2. The maximum absolute atomic E-state index is 11.1. The second-order valence-corrected chi connectivity index (χ2v) is 3.88. The van der Waals surface area contributed by atoms with Crippen LogP contribution in [-0.2, 0) is 11.8 Å². The molecule has 1 aromatic heterocycles. The van der Waals surface area contributed by atoms with Gasteiger partial charge < -0.3 is 14.6 Å². The van der Waals surface area contributed by atoms with Crippen molar-refractivity contribution in [1.82, 2.24) is 4.57 Å². The summed E-state index contributed by atoms with van der Waals surface area (Å²) in [6.07, 6.45) is 4.40. The minimum absolute atomic E-state index is 0.0117. The van der Waals surface area contributed by atoms with Crippen LogP contribution in [0.15, 0.2) is 23.1 Å². The zero-order valence-corrected chi connectivity index (χ0v) is 8.90. The first-order chi connectivity index (χ1) is 7.25. The lowest BCUT2D eigenvalue weighted by molar-refractivity contribution is 0.120. The number of anilines is 1. The van der Waals surface area contributed by atoms with Crippen molar-refractivity contribution in [3.63, 3.8) is 0 Å². The minimum Gasteiger partial charge on any atom is -0.381 e. The largest absolute Gasteiger partial charge is 0.381 e. The average molecular weight is 208 g/mol. The number of nitrogens with one attached hydrogen (secondary N) is 1. The third kappa shape index (κ3) is 2.59. The molecule has 4 heteroatoms. The van der Waals surface area contributed by atoms with Crippen molar-refractivity contribution in [2.45, 2.75) is 18.9 Å². The Bertz CT molecular complexity index is 380. The van der Waals surface area contributed by atoms with Gasteiger partial charge in [-0.1, -0.05) is 0 Å². The fourth-order valence-corrected chi connectivity index (χ4v) is 1.74. The molecular formula is C11H16N2O2. The van der Waals surface area contributed by atoms with Gasteiger partial charge in [0.2, 0.25) is 5.56 Å². The van der Waals surface area contributed by atoms with Gasteiger partial charge in [0.1, 0.15) is 0 Å². The van der Waals surface area contributed by atoms with E-state index >= 15 is 0 Å². The van der Waals surface area contributed by atoms with Crippen molar-refractivity contribution in [3.8, 4) is 0 Å². The standard InChI is InChI=1S/C11H16N2O2/c1-13-8-9(4-5-11(13)14)12-7-10-3-2-6-15-10/h4-5,8,10,12H,2-3,6-7H2,1H3. The number of ether oxygens (including phenoxy) is 1. The van der Waals surface area contributed by atoms with Crippen LogP contribution in [0.4, 0.5) is 5.69 Å². The molecule has 0 aliphatic carbocycles. The fourth-order valence-electron chi connectivity index (χ4n) is 1.74. The number of nitrogens with zero attached hydrogens (tertiary/aromatic N) is 1. The molecule has 1 unspecified atom stereocenters. The van der Waals surface area contributed by atoms with E-state index in [0.717, 1.165) is 31.7 Å². The Morgan fingerprint density at radius 1 is 1.60 bits per heavy atom. The predicted octanol–water partition coefficient (Wildman–Crippen LogP) is 0.976. The molecule has 0 radical (unpaired) electrons. The highest BCUT2D eigenvalue weighted by atomic mass is 16.5. The normalized spacial score (nSPS) is 20.5. The first-order valence-corrected chi connectivity index (χ1v) is 5.28. The van der Waals surface area contributed by atoms with Crippen LogP contribution in [0, 0.1) is 0 Å². The highest BCUT2D eigenvalue weighted by Gasteiger charge is 2.14. The summed E-state index contributed by atoms with van der Waals surface area (Å²) in [5, 5.41) is 3.27. The molecule has 0 spiro atoms. The van der Waals surface area contributed by atoms with Crippen LogP contribution in [-0.4, -0.2) is 23.8 Å². The van der Waals surface area contributed by atoms with Crippen LogP contribution in [0.2, 0.25) is 0 Å². The van der Waals surface area contributed by atoms with Gasteiger partial charge in [0.15, 0.2) is 0 Å². The lowest BCUT2D eigenvalue weighted by Crippen LogP contribution is -2.20. The van der Waals surface area contributed by atoms with Gasteiger partial charge in [-0.2, -0.15) is 0 Å². The molecule has 0 aromatic carbocycles. The molecule has 1 atom stereocenters. The second-order valence-electron chi connectivity index (χ2n) is 3.88. The zero-order valence-electron chi connectivity index (χ0n) is 8.90. The number of rotatable bonds is 3. The molecule has 2 heterocycles. The van der Waals surface area contributed by atoms with Crippen LogP contribution in [0.3, 0.4) is 0 Å². The summed E-state index contributed by atoms with van der Waals surface area (Å²) in [6.45, 7) is 1.69. The predicted molar refractivity (Wildman–Crippen MR) is 59.1 cm³/mol. The second kappa shape index (κ2) is 4.49. The Labute approximate surface area is 88.9 Å². The van der Waals surface area contributed by atoms with E-state index in [0.29, 0.717) is 6.10 Å². The Morgan fingerprint density at radius 3 is 3.13 bits per heavy atom. The van der Waals surface area contributed by atoms with Crippen molar-refractivity contribution >= 4 is 5.69 Å². The van der Waals surface area contributed by atoms with Crippen LogP contribution in [0.25, 0.3) is 0 Å². The number of hydrogen-bond donors (Lipinski definition) is 1. The molecule has 15 heavy (non-hydrogen) atoms.